The van der Waals surface area contributed by atoms with E-state index in [0.29, 0.717) is 12.8 Å². The van der Waals surface area contributed by atoms with E-state index < -0.39 is 17.8 Å². The largest absolute Gasteiger partial charge is 0.481 e. The van der Waals surface area contributed by atoms with Crippen molar-refractivity contribution in [1.29, 1.82) is 0 Å². The zero-order chi connectivity index (χ0) is 15.4. The van der Waals surface area contributed by atoms with Crippen molar-refractivity contribution in [3.8, 4) is 0 Å². The van der Waals surface area contributed by atoms with Crippen LogP contribution in [-0.2, 0) is 16.1 Å². The Kier molecular flexibility index (Phi) is 4.98. The minimum absolute atomic E-state index is 0.154. The van der Waals surface area contributed by atoms with Gasteiger partial charge in [0.05, 0.1) is 23.6 Å². The van der Waals surface area contributed by atoms with Gasteiger partial charge in [-0.25, -0.2) is 0 Å². The second-order valence-corrected chi connectivity index (χ2v) is 5.64. The van der Waals surface area contributed by atoms with Crippen LogP contribution in [-0.4, -0.2) is 26.8 Å². The van der Waals surface area contributed by atoms with E-state index in [2.05, 4.69) is 10.4 Å². The number of carbonyl (C=O) groups excluding carboxylic acids is 1. The van der Waals surface area contributed by atoms with Gasteiger partial charge < -0.3 is 10.4 Å². The summed E-state index contributed by atoms with van der Waals surface area (Å²) >= 11 is 0. The summed E-state index contributed by atoms with van der Waals surface area (Å²) in [6.45, 7) is 4.63. The van der Waals surface area contributed by atoms with Gasteiger partial charge in [0.15, 0.2) is 0 Å². The Morgan fingerprint density at radius 2 is 2.10 bits per heavy atom. The van der Waals surface area contributed by atoms with Crippen molar-refractivity contribution in [3.05, 3.63) is 18.0 Å². The number of amides is 1. The first-order valence-corrected chi connectivity index (χ1v) is 7.59. The zero-order valence-electron chi connectivity index (χ0n) is 12.6. The van der Waals surface area contributed by atoms with Crippen LogP contribution in [0.1, 0.15) is 51.3 Å². The van der Waals surface area contributed by atoms with Crippen molar-refractivity contribution in [2.75, 3.05) is 0 Å². The molecule has 0 aromatic carbocycles. The van der Waals surface area contributed by atoms with Gasteiger partial charge in [0, 0.05) is 12.7 Å². The molecule has 6 heteroatoms. The first kappa shape index (κ1) is 15.5. The molecule has 0 aliphatic heterocycles. The molecule has 0 saturated heterocycles. The van der Waals surface area contributed by atoms with Gasteiger partial charge in [-0.3, -0.25) is 14.3 Å². The molecule has 1 aromatic heterocycles. The number of rotatable bonds is 5. The number of hydrogen-bond acceptors (Lipinski definition) is 3. The fourth-order valence-electron chi connectivity index (χ4n) is 3.11. The fraction of sp³-hybridized carbons (Fsp3) is 0.667. The highest BCUT2D eigenvalue weighted by atomic mass is 16.4. The Morgan fingerprint density at radius 3 is 2.71 bits per heavy atom. The molecule has 1 aliphatic carbocycles. The summed E-state index contributed by atoms with van der Waals surface area (Å²) in [5.41, 5.74) is 0.938. The van der Waals surface area contributed by atoms with Crippen LogP contribution < -0.4 is 5.32 Å². The summed E-state index contributed by atoms with van der Waals surface area (Å²) in [6, 6.07) is 1.71. The van der Waals surface area contributed by atoms with Crippen LogP contribution in [0.5, 0.6) is 0 Å². The Balaban J connectivity index is 2.04. The molecule has 2 rings (SSSR count). The molecular weight excluding hydrogens is 270 g/mol. The normalized spacial score (nSPS) is 23.5. The molecule has 1 aromatic rings. The second kappa shape index (κ2) is 6.74. The first-order chi connectivity index (χ1) is 10.0. The smallest absolute Gasteiger partial charge is 0.307 e. The standard InChI is InChI=1S/C15H23N3O3/c1-3-18-13(8-9-16-18)10(2)17-14(19)11-6-4-5-7-12(11)15(20)21/h8-12H,3-7H2,1-2H3,(H,17,19)(H,20,21)/t10-,11+,12+/m1/s1. The van der Waals surface area contributed by atoms with E-state index in [1.54, 1.807) is 6.20 Å². The molecule has 0 spiro atoms. The number of aromatic nitrogens is 2. The van der Waals surface area contributed by atoms with Gasteiger partial charge >= 0.3 is 5.97 Å². The van der Waals surface area contributed by atoms with Crippen LogP contribution in [0.2, 0.25) is 0 Å². The van der Waals surface area contributed by atoms with E-state index in [0.717, 1.165) is 25.1 Å². The van der Waals surface area contributed by atoms with E-state index in [1.807, 2.05) is 24.6 Å². The van der Waals surface area contributed by atoms with Crippen molar-refractivity contribution in [3.63, 3.8) is 0 Å². The highest BCUT2D eigenvalue weighted by Gasteiger charge is 2.36. The molecule has 1 heterocycles. The highest BCUT2D eigenvalue weighted by molar-refractivity contribution is 5.85. The van der Waals surface area contributed by atoms with Gasteiger partial charge in [-0.05, 0) is 32.8 Å². The van der Waals surface area contributed by atoms with Crippen LogP contribution in [0.3, 0.4) is 0 Å². The number of aryl methyl sites for hydroxylation is 1. The molecule has 116 valence electrons. The van der Waals surface area contributed by atoms with Crippen molar-refractivity contribution in [2.45, 2.75) is 52.1 Å². The Bertz CT molecular complexity index is 512. The number of nitrogens with one attached hydrogen (secondary N) is 1. The van der Waals surface area contributed by atoms with Crippen LogP contribution in [0.15, 0.2) is 12.3 Å². The van der Waals surface area contributed by atoms with Crippen LogP contribution >= 0.6 is 0 Å². The quantitative estimate of drug-likeness (QED) is 0.869. The molecule has 1 saturated carbocycles. The summed E-state index contributed by atoms with van der Waals surface area (Å²) in [5.74, 6) is -1.99. The Labute approximate surface area is 124 Å². The maximum Gasteiger partial charge on any atom is 0.307 e. The van der Waals surface area contributed by atoms with Gasteiger partial charge in [0.1, 0.15) is 0 Å². The van der Waals surface area contributed by atoms with Gasteiger partial charge in [-0.2, -0.15) is 5.10 Å². The minimum atomic E-state index is -0.860. The van der Waals surface area contributed by atoms with E-state index >= 15 is 0 Å². The SMILES string of the molecule is CCn1nccc1[C@@H](C)NC(=O)[C@H]1CCCC[C@@H]1C(=O)O. The van der Waals surface area contributed by atoms with E-state index in [-0.39, 0.29) is 11.9 Å². The number of hydrogen-bond donors (Lipinski definition) is 2. The molecule has 1 fully saturated rings. The summed E-state index contributed by atoms with van der Waals surface area (Å²) in [6.07, 6.45) is 4.77. The number of carboxylic acid groups (broad SMARTS) is 1. The van der Waals surface area contributed by atoms with Crippen molar-refractivity contribution in [1.82, 2.24) is 15.1 Å². The Morgan fingerprint density at radius 1 is 1.43 bits per heavy atom. The zero-order valence-corrected chi connectivity index (χ0v) is 12.6. The lowest BCUT2D eigenvalue weighted by Gasteiger charge is -2.28. The molecule has 0 unspecified atom stereocenters. The summed E-state index contributed by atoms with van der Waals surface area (Å²) in [4.78, 5) is 23.7. The molecule has 2 N–H and O–H groups in total. The van der Waals surface area contributed by atoms with Crippen LogP contribution in [0.25, 0.3) is 0 Å². The molecule has 0 radical (unpaired) electrons. The molecular formula is C15H23N3O3. The summed E-state index contributed by atoms with van der Waals surface area (Å²) in [7, 11) is 0. The second-order valence-electron chi connectivity index (χ2n) is 5.64. The molecule has 6 nitrogen and oxygen atoms in total. The molecule has 21 heavy (non-hydrogen) atoms. The van der Waals surface area contributed by atoms with E-state index in [9.17, 15) is 14.7 Å². The molecule has 0 bridgehead atoms. The fourth-order valence-corrected chi connectivity index (χ4v) is 3.11. The van der Waals surface area contributed by atoms with Crippen LogP contribution in [0.4, 0.5) is 0 Å². The molecule has 1 aliphatic rings. The average Bonchev–Trinajstić information content (AvgIpc) is 2.95. The van der Waals surface area contributed by atoms with Crippen molar-refractivity contribution in [2.24, 2.45) is 11.8 Å². The van der Waals surface area contributed by atoms with Gasteiger partial charge in [0.2, 0.25) is 5.91 Å². The lowest BCUT2D eigenvalue weighted by atomic mass is 9.78. The van der Waals surface area contributed by atoms with E-state index in [1.165, 1.54) is 0 Å². The molecule has 1 amide bonds. The number of nitrogens with zero attached hydrogens (tertiary/aromatic N) is 2. The predicted octanol–water partition coefficient (Wildman–Crippen LogP) is 1.97. The molecule has 3 atom stereocenters. The van der Waals surface area contributed by atoms with Gasteiger partial charge in [-0.15, -0.1) is 0 Å². The minimum Gasteiger partial charge on any atom is -0.481 e. The monoisotopic (exact) mass is 293 g/mol. The first-order valence-electron chi connectivity index (χ1n) is 7.59. The number of carboxylic acids is 1. The summed E-state index contributed by atoms with van der Waals surface area (Å²) < 4.78 is 1.83. The number of aliphatic carboxylic acids is 1. The third-order valence-corrected chi connectivity index (χ3v) is 4.27. The predicted molar refractivity (Wildman–Crippen MR) is 77.5 cm³/mol. The number of carbonyl (C=O) groups is 2. The van der Waals surface area contributed by atoms with Crippen LogP contribution in [0, 0.1) is 11.8 Å². The highest BCUT2D eigenvalue weighted by Crippen LogP contribution is 2.31. The Hall–Kier alpha value is -1.85. The third kappa shape index (κ3) is 3.43. The maximum atomic E-state index is 12.4. The van der Waals surface area contributed by atoms with Gasteiger partial charge in [0.25, 0.3) is 0 Å². The average molecular weight is 293 g/mol. The van der Waals surface area contributed by atoms with Crippen molar-refractivity contribution >= 4 is 11.9 Å². The third-order valence-electron chi connectivity index (χ3n) is 4.27. The van der Waals surface area contributed by atoms with E-state index in [4.69, 9.17) is 0 Å². The lowest BCUT2D eigenvalue weighted by molar-refractivity contribution is -0.149. The van der Waals surface area contributed by atoms with Gasteiger partial charge in [-0.1, -0.05) is 12.8 Å². The maximum absolute atomic E-state index is 12.4. The topological polar surface area (TPSA) is 84.2 Å². The summed E-state index contributed by atoms with van der Waals surface area (Å²) in [5, 5.41) is 16.4. The van der Waals surface area contributed by atoms with Crippen molar-refractivity contribution < 1.29 is 14.7 Å². The lowest BCUT2D eigenvalue weighted by Crippen LogP contribution is -2.41.